The molecular formula is C20H45N3. The zero-order chi connectivity index (χ0) is 18.4. The van der Waals surface area contributed by atoms with Crippen LogP contribution in [-0.2, 0) is 0 Å². The Kier molecular flexibility index (Phi) is 8.78. The van der Waals surface area contributed by atoms with Crippen LogP contribution >= 0.6 is 0 Å². The van der Waals surface area contributed by atoms with Crippen LogP contribution in [0.1, 0.15) is 81.1 Å². The molecule has 0 bridgehead atoms. The first-order valence-electron chi connectivity index (χ1n) is 9.47. The lowest BCUT2D eigenvalue weighted by molar-refractivity contribution is 0.144. The van der Waals surface area contributed by atoms with E-state index in [2.05, 4.69) is 60.7 Å². The molecule has 0 aromatic rings. The SMILES string of the molecule is CCC(C)(CN)CC(C)(C)CNCC(C)(CC)CC(C)(C)CN. The van der Waals surface area contributed by atoms with Gasteiger partial charge in [-0.15, -0.1) is 0 Å². The highest BCUT2D eigenvalue weighted by atomic mass is 14.9. The Bertz CT molecular complexity index is 332. The third-order valence-electron chi connectivity index (χ3n) is 5.72. The van der Waals surface area contributed by atoms with Crippen LogP contribution in [-0.4, -0.2) is 26.2 Å². The molecule has 0 radical (unpaired) electrons. The Labute approximate surface area is 146 Å². The van der Waals surface area contributed by atoms with Crippen LogP contribution in [0.25, 0.3) is 0 Å². The average molecular weight is 328 g/mol. The van der Waals surface area contributed by atoms with E-state index in [0.717, 1.165) is 45.4 Å². The molecule has 0 saturated heterocycles. The lowest BCUT2D eigenvalue weighted by atomic mass is 9.71. The Morgan fingerprint density at radius 2 is 1.13 bits per heavy atom. The van der Waals surface area contributed by atoms with Gasteiger partial charge in [-0.1, -0.05) is 55.4 Å². The zero-order valence-corrected chi connectivity index (χ0v) is 17.3. The molecule has 2 unspecified atom stereocenters. The average Bonchev–Trinajstić information content (AvgIpc) is 2.46. The van der Waals surface area contributed by atoms with Crippen molar-refractivity contribution in [3.63, 3.8) is 0 Å². The summed E-state index contributed by atoms with van der Waals surface area (Å²) in [6.45, 7) is 22.1. The van der Waals surface area contributed by atoms with Crippen LogP contribution in [0, 0.1) is 21.7 Å². The molecule has 0 aromatic heterocycles. The fourth-order valence-electron chi connectivity index (χ4n) is 3.80. The van der Waals surface area contributed by atoms with Crippen molar-refractivity contribution < 1.29 is 0 Å². The van der Waals surface area contributed by atoms with E-state index in [-0.39, 0.29) is 16.2 Å². The van der Waals surface area contributed by atoms with Gasteiger partial charge in [-0.25, -0.2) is 0 Å². The molecule has 0 aromatic carbocycles. The zero-order valence-electron chi connectivity index (χ0n) is 17.3. The summed E-state index contributed by atoms with van der Waals surface area (Å²) in [5, 5.41) is 3.75. The molecule has 0 amide bonds. The Hall–Kier alpha value is -0.120. The first-order valence-corrected chi connectivity index (χ1v) is 9.47. The third kappa shape index (κ3) is 8.51. The van der Waals surface area contributed by atoms with Crippen LogP contribution in [0.15, 0.2) is 0 Å². The van der Waals surface area contributed by atoms with Crippen molar-refractivity contribution in [1.82, 2.24) is 5.32 Å². The van der Waals surface area contributed by atoms with Crippen molar-refractivity contribution in [2.75, 3.05) is 26.2 Å². The minimum atomic E-state index is 0.211. The number of hydrogen-bond acceptors (Lipinski definition) is 3. The van der Waals surface area contributed by atoms with Gasteiger partial charge in [0.05, 0.1) is 0 Å². The molecule has 0 spiro atoms. The summed E-state index contributed by atoms with van der Waals surface area (Å²) < 4.78 is 0. The number of hydrogen-bond donors (Lipinski definition) is 3. The van der Waals surface area contributed by atoms with Gasteiger partial charge in [0.2, 0.25) is 0 Å². The van der Waals surface area contributed by atoms with Gasteiger partial charge in [-0.2, -0.15) is 0 Å². The second-order valence-electron chi connectivity index (χ2n) is 10.0. The first-order chi connectivity index (χ1) is 10.4. The Morgan fingerprint density at radius 3 is 1.52 bits per heavy atom. The van der Waals surface area contributed by atoms with E-state index in [0.29, 0.717) is 5.41 Å². The molecule has 23 heavy (non-hydrogen) atoms. The highest BCUT2D eigenvalue weighted by Crippen LogP contribution is 2.37. The molecule has 0 aliphatic heterocycles. The van der Waals surface area contributed by atoms with E-state index in [1.165, 1.54) is 6.42 Å². The predicted molar refractivity (Wildman–Crippen MR) is 105 cm³/mol. The standard InChI is InChI=1S/C20H45N3/c1-9-19(7,14-22)12-18(5,6)15-23-16-20(8,10-2)11-17(3,4)13-21/h23H,9-16,21-22H2,1-8H3. The van der Waals surface area contributed by atoms with E-state index in [9.17, 15) is 0 Å². The normalized spacial score (nSPS) is 18.5. The van der Waals surface area contributed by atoms with Crippen molar-refractivity contribution in [1.29, 1.82) is 0 Å². The summed E-state index contributed by atoms with van der Waals surface area (Å²) in [4.78, 5) is 0. The second kappa shape index (κ2) is 8.82. The van der Waals surface area contributed by atoms with Crippen LogP contribution in [0.5, 0.6) is 0 Å². The molecular weight excluding hydrogens is 282 g/mol. The summed E-state index contributed by atoms with van der Waals surface area (Å²) in [6, 6.07) is 0. The summed E-state index contributed by atoms with van der Waals surface area (Å²) in [6.07, 6.45) is 4.65. The maximum Gasteiger partial charge on any atom is 0.000550 e. The van der Waals surface area contributed by atoms with Crippen molar-refractivity contribution >= 4 is 0 Å². The molecule has 0 heterocycles. The minimum Gasteiger partial charge on any atom is -0.330 e. The Morgan fingerprint density at radius 1 is 0.652 bits per heavy atom. The van der Waals surface area contributed by atoms with Gasteiger partial charge in [0, 0.05) is 13.1 Å². The van der Waals surface area contributed by atoms with E-state index in [1.54, 1.807) is 0 Å². The van der Waals surface area contributed by atoms with E-state index in [4.69, 9.17) is 11.5 Å². The monoisotopic (exact) mass is 327 g/mol. The predicted octanol–water partition coefficient (Wildman–Crippen LogP) is 4.16. The molecule has 0 rings (SSSR count). The molecule has 5 N–H and O–H groups in total. The van der Waals surface area contributed by atoms with Gasteiger partial charge in [-0.05, 0) is 60.4 Å². The molecule has 140 valence electrons. The maximum atomic E-state index is 6.00. The van der Waals surface area contributed by atoms with E-state index >= 15 is 0 Å². The smallest absolute Gasteiger partial charge is 0.000550 e. The molecule has 0 aliphatic rings. The quantitative estimate of drug-likeness (QED) is 0.504. The highest BCUT2D eigenvalue weighted by Gasteiger charge is 2.33. The summed E-state index contributed by atoms with van der Waals surface area (Å²) >= 11 is 0. The molecule has 0 fully saturated rings. The summed E-state index contributed by atoms with van der Waals surface area (Å²) in [5.74, 6) is 0. The molecule has 2 atom stereocenters. The van der Waals surface area contributed by atoms with E-state index < -0.39 is 0 Å². The maximum absolute atomic E-state index is 6.00. The van der Waals surface area contributed by atoms with Crippen LogP contribution < -0.4 is 16.8 Å². The third-order valence-corrected chi connectivity index (χ3v) is 5.72. The van der Waals surface area contributed by atoms with Crippen molar-refractivity contribution in [2.24, 2.45) is 33.1 Å². The van der Waals surface area contributed by atoms with Crippen molar-refractivity contribution in [2.45, 2.75) is 81.1 Å². The molecule has 0 saturated carbocycles. The fourth-order valence-corrected chi connectivity index (χ4v) is 3.80. The molecule has 3 nitrogen and oxygen atoms in total. The van der Waals surface area contributed by atoms with Gasteiger partial charge in [0.25, 0.3) is 0 Å². The lowest BCUT2D eigenvalue weighted by Crippen LogP contribution is -2.42. The molecule has 0 aliphatic carbocycles. The van der Waals surface area contributed by atoms with Crippen molar-refractivity contribution in [3.05, 3.63) is 0 Å². The van der Waals surface area contributed by atoms with Crippen LogP contribution in [0.3, 0.4) is 0 Å². The highest BCUT2D eigenvalue weighted by molar-refractivity contribution is 4.87. The van der Waals surface area contributed by atoms with Crippen LogP contribution in [0.4, 0.5) is 0 Å². The molecule has 3 heteroatoms. The van der Waals surface area contributed by atoms with Crippen molar-refractivity contribution in [3.8, 4) is 0 Å². The summed E-state index contributed by atoms with van der Waals surface area (Å²) in [5.41, 5.74) is 13.0. The minimum absolute atomic E-state index is 0.211. The summed E-state index contributed by atoms with van der Waals surface area (Å²) in [7, 11) is 0. The largest absolute Gasteiger partial charge is 0.330 e. The first kappa shape index (κ1) is 22.9. The Balaban J connectivity index is 4.60. The lowest BCUT2D eigenvalue weighted by Gasteiger charge is -2.39. The topological polar surface area (TPSA) is 64.1 Å². The van der Waals surface area contributed by atoms with Crippen LogP contribution in [0.2, 0.25) is 0 Å². The van der Waals surface area contributed by atoms with Gasteiger partial charge < -0.3 is 16.8 Å². The fraction of sp³-hybridized carbons (Fsp3) is 1.00. The number of rotatable bonds is 12. The van der Waals surface area contributed by atoms with Gasteiger partial charge >= 0.3 is 0 Å². The second-order valence-corrected chi connectivity index (χ2v) is 10.0. The van der Waals surface area contributed by atoms with E-state index in [1.807, 2.05) is 0 Å². The van der Waals surface area contributed by atoms with Gasteiger partial charge in [-0.3, -0.25) is 0 Å². The number of nitrogens with one attached hydrogen (secondary N) is 1. The van der Waals surface area contributed by atoms with Gasteiger partial charge in [0.15, 0.2) is 0 Å². The van der Waals surface area contributed by atoms with Gasteiger partial charge in [0.1, 0.15) is 0 Å². The number of nitrogens with two attached hydrogens (primary N) is 2.